The van der Waals surface area contributed by atoms with E-state index in [-0.39, 0.29) is 17.9 Å². The number of anilines is 1. The van der Waals surface area contributed by atoms with Crippen LogP contribution in [0.1, 0.15) is 46.9 Å². The van der Waals surface area contributed by atoms with Crippen molar-refractivity contribution in [1.82, 2.24) is 5.32 Å². The van der Waals surface area contributed by atoms with Crippen LogP contribution >= 0.6 is 15.9 Å². The van der Waals surface area contributed by atoms with Gasteiger partial charge in [-0.3, -0.25) is 9.59 Å². The van der Waals surface area contributed by atoms with Crippen LogP contribution in [-0.2, 0) is 4.74 Å². The highest BCUT2D eigenvalue weighted by Gasteiger charge is 2.20. The van der Waals surface area contributed by atoms with Gasteiger partial charge in [0.25, 0.3) is 11.8 Å². The molecular formula is C22H25BrN2O4. The molecule has 1 atom stereocenters. The number of halogens is 1. The highest BCUT2D eigenvalue weighted by Crippen LogP contribution is 2.25. The lowest BCUT2D eigenvalue weighted by Crippen LogP contribution is -2.32. The first-order valence-corrected chi connectivity index (χ1v) is 10.6. The molecule has 0 aliphatic carbocycles. The summed E-state index contributed by atoms with van der Waals surface area (Å²) in [6.07, 6.45) is 2.86. The Bertz CT molecular complexity index is 866. The molecule has 2 aromatic rings. The van der Waals surface area contributed by atoms with Gasteiger partial charge in [0.1, 0.15) is 5.75 Å². The van der Waals surface area contributed by atoms with E-state index in [1.54, 1.807) is 36.4 Å². The van der Waals surface area contributed by atoms with Gasteiger partial charge in [0, 0.05) is 17.6 Å². The molecule has 0 aromatic heterocycles. The predicted octanol–water partition coefficient (Wildman–Crippen LogP) is 4.40. The normalized spacial score (nSPS) is 15.7. The predicted molar refractivity (Wildman–Crippen MR) is 116 cm³/mol. The van der Waals surface area contributed by atoms with Gasteiger partial charge in [0.05, 0.1) is 29.5 Å². The number of benzene rings is 2. The summed E-state index contributed by atoms with van der Waals surface area (Å²) >= 11 is 3.40. The second-order valence-corrected chi connectivity index (χ2v) is 7.75. The third kappa shape index (κ3) is 5.81. The lowest BCUT2D eigenvalue weighted by atomic mass is 10.1. The first-order valence-electron chi connectivity index (χ1n) is 9.81. The van der Waals surface area contributed by atoms with Gasteiger partial charge >= 0.3 is 0 Å². The van der Waals surface area contributed by atoms with Crippen LogP contribution < -0.4 is 15.4 Å². The molecule has 3 rings (SSSR count). The van der Waals surface area contributed by atoms with Crippen molar-refractivity contribution < 1.29 is 19.1 Å². The van der Waals surface area contributed by atoms with Gasteiger partial charge in [-0.2, -0.15) is 0 Å². The molecule has 0 spiro atoms. The summed E-state index contributed by atoms with van der Waals surface area (Å²) in [6.45, 7) is 3.72. The largest absolute Gasteiger partial charge is 0.493 e. The maximum absolute atomic E-state index is 12.9. The summed E-state index contributed by atoms with van der Waals surface area (Å²) in [6, 6.07) is 12.2. The Morgan fingerprint density at radius 2 is 2.00 bits per heavy atom. The van der Waals surface area contributed by atoms with Crippen molar-refractivity contribution >= 4 is 33.4 Å². The zero-order valence-corrected chi connectivity index (χ0v) is 18.0. The second kappa shape index (κ2) is 10.4. The quantitative estimate of drug-likeness (QED) is 0.611. The summed E-state index contributed by atoms with van der Waals surface area (Å²) < 4.78 is 12.0. The van der Waals surface area contributed by atoms with Crippen LogP contribution in [0.2, 0.25) is 0 Å². The Morgan fingerprint density at radius 3 is 2.76 bits per heavy atom. The molecule has 2 amide bonds. The molecule has 1 unspecified atom stereocenters. The molecule has 2 aromatic carbocycles. The fourth-order valence-electron chi connectivity index (χ4n) is 3.10. The molecular weight excluding hydrogens is 436 g/mol. The van der Waals surface area contributed by atoms with Crippen molar-refractivity contribution in [2.24, 2.45) is 0 Å². The van der Waals surface area contributed by atoms with E-state index in [1.165, 1.54) is 0 Å². The van der Waals surface area contributed by atoms with Crippen molar-refractivity contribution in [3.63, 3.8) is 0 Å². The molecule has 7 heteroatoms. The number of hydrogen-bond donors (Lipinski definition) is 2. The smallest absolute Gasteiger partial charge is 0.259 e. The van der Waals surface area contributed by atoms with Gasteiger partial charge in [0.15, 0.2) is 0 Å². The SMILES string of the molecule is CCCOc1ccc(Br)cc1C(=O)Nc1ccccc1C(=O)NCC1CCCO1. The zero-order chi connectivity index (χ0) is 20.6. The molecule has 1 saturated heterocycles. The van der Waals surface area contributed by atoms with Crippen molar-refractivity contribution in [1.29, 1.82) is 0 Å². The van der Waals surface area contributed by atoms with E-state index >= 15 is 0 Å². The minimum Gasteiger partial charge on any atom is -0.493 e. The third-order valence-corrected chi connectivity index (χ3v) is 5.08. The minimum atomic E-state index is -0.336. The molecule has 154 valence electrons. The van der Waals surface area contributed by atoms with E-state index in [9.17, 15) is 9.59 Å². The summed E-state index contributed by atoms with van der Waals surface area (Å²) in [5, 5.41) is 5.74. The number of rotatable bonds is 8. The Morgan fingerprint density at radius 1 is 1.17 bits per heavy atom. The number of hydrogen-bond acceptors (Lipinski definition) is 4. The van der Waals surface area contributed by atoms with Gasteiger partial charge in [-0.05, 0) is 49.6 Å². The standard InChI is InChI=1S/C22H25BrN2O4/c1-2-11-29-20-10-9-15(23)13-18(20)22(27)25-19-8-4-3-7-17(19)21(26)24-14-16-6-5-12-28-16/h3-4,7-10,13,16H,2,5-6,11-12,14H2,1H3,(H,24,26)(H,25,27). The van der Waals surface area contributed by atoms with Gasteiger partial charge in [-0.25, -0.2) is 0 Å². The van der Waals surface area contributed by atoms with Crippen LogP contribution in [0.25, 0.3) is 0 Å². The fraction of sp³-hybridized carbons (Fsp3) is 0.364. The van der Waals surface area contributed by atoms with Gasteiger partial charge in [-0.15, -0.1) is 0 Å². The molecule has 1 aliphatic rings. The Kier molecular flexibility index (Phi) is 7.66. The van der Waals surface area contributed by atoms with Crippen molar-refractivity contribution in [3.05, 3.63) is 58.1 Å². The van der Waals surface area contributed by atoms with Crippen LogP contribution in [-0.4, -0.2) is 37.7 Å². The maximum Gasteiger partial charge on any atom is 0.259 e. The monoisotopic (exact) mass is 460 g/mol. The second-order valence-electron chi connectivity index (χ2n) is 6.83. The first-order chi connectivity index (χ1) is 14.1. The van der Waals surface area contributed by atoms with Crippen LogP contribution in [0.4, 0.5) is 5.69 Å². The molecule has 0 bridgehead atoms. The molecule has 0 saturated carbocycles. The Balaban J connectivity index is 1.74. The summed E-state index contributed by atoms with van der Waals surface area (Å²) in [5.74, 6) is -0.0715. The van der Waals surface area contributed by atoms with Gasteiger partial charge < -0.3 is 20.1 Å². The third-order valence-electron chi connectivity index (χ3n) is 4.58. The zero-order valence-electron chi connectivity index (χ0n) is 16.4. The fourth-order valence-corrected chi connectivity index (χ4v) is 3.47. The lowest BCUT2D eigenvalue weighted by Gasteiger charge is -2.15. The summed E-state index contributed by atoms with van der Waals surface area (Å²) in [4.78, 5) is 25.6. The van der Waals surface area contributed by atoms with Crippen LogP contribution in [0, 0.1) is 0 Å². The molecule has 1 heterocycles. The average molecular weight is 461 g/mol. The molecule has 29 heavy (non-hydrogen) atoms. The molecule has 1 aliphatic heterocycles. The molecule has 1 fully saturated rings. The number of para-hydroxylation sites is 1. The minimum absolute atomic E-state index is 0.0562. The Labute approximate surface area is 179 Å². The summed E-state index contributed by atoms with van der Waals surface area (Å²) in [7, 11) is 0. The number of nitrogens with one attached hydrogen (secondary N) is 2. The number of amides is 2. The van der Waals surface area contributed by atoms with Gasteiger partial charge in [0.2, 0.25) is 0 Å². The molecule has 0 radical (unpaired) electrons. The number of carbonyl (C=O) groups is 2. The van der Waals surface area contributed by atoms with E-state index in [4.69, 9.17) is 9.47 Å². The van der Waals surface area contributed by atoms with Crippen molar-refractivity contribution in [2.45, 2.75) is 32.3 Å². The Hall–Kier alpha value is -2.38. The topological polar surface area (TPSA) is 76.7 Å². The number of ether oxygens (including phenoxy) is 2. The van der Waals surface area contributed by atoms with E-state index < -0.39 is 0 Å². The van der Waals surface area contributed by atoms with Crippen molar-refractivity contribution in [3.8, 4) is 5.75 Å². The summed E-state index contributed by atoms with van der Waals surface area (Å²) in [5.41, 5.74) is 1.26. The number of carbonyl (C=O) groups excluding carboxylic acids is 2. The van der Waals surface area contributed by atoms with Crippen LogP contribution in [0.3, 0.4) is 0 Å². The highest BCUT2D eigenvalue weighted by atomic mass is 79.9. The maximum atomic E-state index is 12.9. The molecule has 2 N–H and O–H groups in total. The van der Waals surface area contributed by atoms with E-state index in [2.05, 4.69) is 26.6 Å². The van der Waals surface area contributed by atoms with Gasteiger partial charge in [-0.1, -0.05) is 35.0 Å². The molecule has 6 nitrogen and oxygen atoms in total. The average Bonchev–Trinajstić information content (AvgIpc) is 3.25. The van der Waals surface area contributed by atoms with Crippen molar-refractivity contribution in [2.75, 3.05) is 25.1 Å². The van der Waals surface area contributed by atoms with E-state index in [1.807, 2.05) is 13.0 Å². The lowest BCUT2D eigenvalue weighted by molar-refractivity contribution is 0.0858. The van der Waals surface area contributed by atoms with E-state index in [0.29, 0.717) is 35.7 Å². The van der Waals surface area contributed by atoms with Crippen LogP contribution in [0.5, 0.6) is 5.75 Å². The first kappa shape index (κ1) is 21.3. The van der Waals surface area contributed by atoms with Crippen LogP contribution in [0.15, 0.2) is 46.9 Å². The highest BCUT2D eigenvalue weighted by molar-refractivity contribution is 9.10. The van der Waals surface area contributed by atoms with E-state index in [0.717, 1.165) is 30.3 Å².